The maximum absolute atomic E-state index is 12.5. The van der Waals surface area contributed by atoms with E-state index in [2.05, 4.69) is 25.7 Å². The lowest BCUT2D eigenvalue weighted by Crippen LogP contribution is -2.23. The van der Waals surface area contributed by atoms with Crippen LogP contribution < -0.4 is 11.1 Å². The Bertz CT molecular complexity index is 816. The van der Waals surface area contributed by atoms with Crippen molar-refractivity contribution >= 4 is 24.1 Å². The molecule has 7 nitrogen and oxygen atoms in total. The topological polar surface area (TPSA) is 110 Å². The highest BCUT2D eigenvalue weighted by Gasteiger charge is 2.39. The molecule has 26 heavy (non-hydrogen) atoms. The van der Waals surface area contributed by atoms with Crippen LogP contribution in [0.25, 0.3) is 11.3 Å². The lowest BCUT2D eigenvalue weighted by molar-refractivity contribution is -0.113. The summed E-state index contributed by atoms with van der Waals surface area (Å²) >= 11 is 0. The van der Waals surface area contributed by atoms with Crippen LogP contribution in [0.3, 0.4) is 0 Å². The molecule has 0 atom stereocenters. The summed E-state index contributed by atoms with van der Waals surface area (Å²) in [6.07, 6.45) is 4.60. The van der Waals surface area contributed by atoms with Gasteiger partial charge in [0.05, 0.1) is 17.1 Å². The quantitative estimate of drug-likeness (QED) is 0.697. The Balaban J connectivity index is 0.00000196. The number of aromatic nitrogens is 4. The Kier molecular flexibility index (Phi) is 5.00. The van der Waals surface area contributed by atoms with E-state index in [1.165, 1.54) is 0 Å². The fourth-order valence-electron chi connectivity index (χ4n) is 3.34. The number of amides is 1. The molecule has 138 valence electrons. The molecule has 2 aromatic rings. The molecule has 2 heterocycles. The van der Waals surface area contributed by atoms with Crippen LogP contribution in [0.15, 0.2) is 23.4 Å². The molecule has 0 aliphatic heterocycles. The summed E-state index contributed by atoms with van der Waals surface area (Å²) in [6.45, 7) is 3.86. The van der Waals surface area contributed by atoms with E-state index < -0.39 is 0 Å². The smallest absolute Gasteiger partial charge is 0.272 e. The van der Waals surface area contributed by atoms with Crippen molar-refractivity contribution in [2.75, 3.05) is 5.32 Å². The van der Waals surface area contributed by atoms with E-state index in [9.17, 15) is 4.79 Å². The van der Waals surface area contributed by atoms with Crippen molar-refractivity contribution in [1.82, 2.24) is 20.4 Å². The minimum Gasteiger partial charge on any atom is -0.394 e. The number of carbonyl (C=O) groups excluding carboxylic acids is 1. The molecule has 0 radical (unpaired) electrons. The van der Waals surface area contributed by atoms with E-state index in [-0.39, 0.29) is 18.3 Å². The van der Waals surface area contributed by atoms with E-state index in [0.717, 1.165) is 53.9 Å². The summed E-state index contributed by atoms with van der Waals surface area (Å²) in [7, 11) is 0. The van der Waals surface area contributed by atoms with Gasteiger partial charge in [0.1, 0.15) is 0 Å². The molecule has 2 saturated carbocycles. The van der Waals surface area contributed by atoms with Gasteiger partial charge in [0.2, 0.25) is 0 Å². The Morgan fingerprint density at radius 1 is 1.15 bits per heavy atom. The second-order valence-corrected chi connectivity index (χ2v) is 6.98. The number of aromatic amines is 1. The van der Waals surface area contributed by atoms with Crippen LogP contribution in [0.2, 0.25) is 0 Å². The number of carbonyl (C=O) groups is 1. The number of nitrogens with two attached hydrogens (primary N) is 1. The van der Waals surface area contributed by atoms with Crippen LogP contribution in [0.1, 0.15) is 37.1 Å². The molecule has 2 aliphatic carbocycles. The normalized spacial score (nSPS) is 15.9. The zero-order valence-electron chi connectivity index (χ0n) is 14.9. The lowest BCUT2D eigenvalue weighted by Gasteiger charge is -2.10. The molecule has 4 N–H and O–H groups in total. The molecule has 8 heteroatoms. The summed E-state index contributed by atoms with van der Waals surface area (Å²) in [5.74, 6) is 1.16. The highest BCUT2D eigenvalue weighted by atomic mass is 35.5. The van der Waals surface area contributed by atoms with E-state index in [1.807, 2.05) is 19.9 Å². The van der Waals surface area contributed by atoms with Crippen molar-refractivity contribution < 1.29 is 4.79 Å². The first-order valence-electron chi connectivity index (χ1n) is 8.71. The van der Waals surface area contributed by atoms with Gasteiger partial charge in [-0.05, 0) is 69.1 Å². The van der Waals surface area contributed by atoms with Crippen LogP contribution in [0.4, 0.5) is 5.82 Å². The fourth-order valence-corrected chi connectivity index (χ4v) is 3.34. The van der Waals surface area contributed by atoms with Crippen molar-refractivity contribution in [3.05, 3.63) is 34.8 Å². The molecule has 2 aromatic heterocycles. The number of nitrogens with one attached hydrogen (secondary N) is 2. The van der Waals surface area contributed by atoms with Gasteiger partial charge in [-0.25, -0.2) is 0 Å². The maximum Gasteiger partial charge on any atom is 0.272 e. The van der Waals surface area contributed by atoms with Crippen molar-refractivity contribution in [2.24, 2.45) is 17.6 Å². The highest BCUT2D eigenvalue weighted by molar-refractivity contribution is 6.03. The van der Waals surface area contributed by atoms with E-state index >= 15 is 0 Å². The summed E-state index contributed by atoms with van der Waals surface area (Å²) in [5, 5.41) is 18.2. The number of rotatable bonds is 5. The molecule has 0 unspecified atom stereocenters. The Morgan fingerprint density at radius 3 is 2.27 bits per heavy atom. The fraction of sp³-hybridized carbons (Fsp3) is 0.444. The van der Waals surface area contributed by atoms with Gasteiger partial charge in [-0.2, -0.15) is 5.10 Å². The van der Waals surface area contributed by atoms with Crippen LogP contribution in [0.5, 0.6) is 0 Å². The number of H-pyrrole nitrogens is 1. The van der Waals surface area contributed by atoms with Gasteiger partial charge >= 0.3 is 0 Å². The zero-order chi connectivity index (χ0) is 17.6. The van der Waals surface area contributed by atoms with Crippen molar-refractivity contribution in [2.45, 2.75) is 39.5 Å². The van der Waals surface area contributed by atoms with Crippen LogP contribution in [-0.4, -0.2) is 26.3 Å². The largest absolute Gasteiger partial charge is 0.394 e. The third kappa shape index (κ3) is 3.58. The van der Waals surface area contributed by atoms with Gasteiger partial charge < -0.3 is 11.1 Å². The van der Waals surface area contributed by atoms with Gasteiger partial charge in [-0.1, -0.05) is 0 Å². The first-order valence-corrected chi connectivity index (χ1v) is 8.71. The van der Waals surface area contributed by atoms with Crippen molar-refractivity contribution in [3.8, 4) is 11.3 Å². The van der Waals surface area contributed by atoms with Crippen LogP contribution in [0, 0.1) is 25.7 Å². The average Bonchev–Trinajstić information content (AvgIpc) is 3.51. The predicted octanol–water partition coefficient (Wildman–Crippen LogP) is 2.88. The number of anilines is 1. The van der Waals surface area contributed by atoms with Gasteiger partial charge in [0, 0.05) is 11.3 Å². The molecular formula is C18H23ClN6O. The Morgan fingerprint density at radius 2 is 1.81 bits per heavy atom. The molecule has 2 aliphatic rings. The maximum atomic E-state index is 12.5. The molecule has 2 fully saturated rings. The number of halogens is 1. The second-order valence-electron chi connectivity index (χ2n) is 6.98. The number of nitrogens with zero attached hydrogens (tertiary/aromatic N) is 3. The van der Waals surface area contributed by atoms with Gasteiger partial charge in [-0.15, -0.1) is 22.6 Å². The molecule has 1 amide bonds. The lowest BCUT2D eigenvalue weighted by atomic mass is 10.0. The van der Waals surface area contributed by atoms with Crippen molar-refractivity contribution in [1.29, 1.82) is 0 Å². The number of aryl methyl sites for hydroxylation is 2. The Hall–Kier alpha value is -2.41. The molecule has 0 aromatic carbocycles. The molecule has 0 bridgehead atoms. The molecule has 0 saturated heterocycles. The number of hydrogen-bond donors (Lipinski definition) is 3. The Labute approximate surface area is 158 Å². The summed E-state index contributed by atoms with van der Waals surface area (Å²) < 4.78 is 0. The van der Waals surface area contributed by atoms with E-state index in [4.69, 9.17) is 5.73 Å². The molecule has 0 spiro atoms. The number of hydrogen-bond acceptors (Lipinski definition) is 5. The van der Waals surface area contributed by atoms with Gasteiger partial charge in [-0.3, -0.25) is 9.89 Å². The third-order valence-corrected chi connectivity index (χ3v) is 4.88. The summed E-state index contributed by atoms with van der Waals surface area (Å²) in [4.78, 5) is 12.5. The first kappa shape index (κ1) is 18.4. The zero-order valence-corrected chi connectivity index (χ0v) is 15.7. The van der Waals surface area contributed by atoms with E-state index in [0.29, 0.717) is 23.4 Å². The van der Waals surface area contributed by atoms with Gasteiger partial charge in [0.25, 0.3) is 5.91 Å². The standard InChI is InChI=1S/C18H22N6O.ClH/c1-9-15(10(2)22-21-9)13-7-8-14(24-23-13)20-18(25)17(19)16(11-3-4-11)12-5-6-12;/h7-8,11-12H,3-6,19H2,1-2H3,(H,21,22)(H,20,24,25);1H. The highest BCUT2D eigenvalue weighted by Crippen LogP contribution is 2.49. The number of allylic oxidation sites excluding steroid dienone is 1. The monoisotopic (exact) mass is 374 g/mol. The van der Waals surface area contributed by atoms with Crippen LogP contribution in [-0.2, 0) is 4.79 Å². The second kappa shape index (κ2) is 7.07. The summed E-state index contributed by atoms with van der Waals surface area (Å²) in [5.41, 5.74) is 11.1. The minimum absolute atomic E-state index is 0. The van der Waals surface area contributed by atoms with E-state index in [1.54, 1.807) is 6.07 Å². The predicted molar refractivity (Wildman–Crippen MR) is 102 cm³/mol. The average molecular weight is 375 g/mol. The first-order chi connectivity index (χ1) is 12.0. The SMILES string of the molecule is Cc1n[nH]c(C)c1-c1ccc(NC(=O)C(N)=C(C2CC2)C2CC2)nn1.Cl. The molecule has 4 rings (SSSR count). The molecular weight excluding hydrogens is 352 g/mol. The van der Waals surface area contributed by atoms with Crippen molar-refractivity contribution in [3.63, 3.8) is 0 Å². The van der Waals surface area contributed by atoms with Gasteiger partial charge in [0.15, 0.2) is 5.82 Å². The summed E-state index contributed by atoms with van der Waals surface area (Å²) in [6, 6.07) is 3.57. The minimum atomic E-state index is -0.272. The van der Waals surface area contributed by atoms with Crippen LogP contribution >= 0.6 is 12.4 Å². The third-order valence-electron chi connectivity index (χ3n) is 4.88.